The molecule has 226 valence electrons. The Morgan fingerprint density at radius 2 is 1.21 bits per heavy atom. The summed E-state index contributed by atoms with van der Waals surface area (Å²) in [6, 6.07) is 4.09. The maximum atomic E-state index is 12.6. The zero-order valence-corrected chi connectivity index (χ0v) is 26.5. The molecule has 2 heterocycles. The van der Waals surface area contributed by atoms with E-state index >= 15 is 0 Å². The van der Waals surface area contributed by atoms with Crippen LogP contribution in [0.5, 0.6) is 11.5 Å². The van der Waals surface area contributed by atoms with Gasteiger partial charge in [-0.2, -0.15) is 10.5 Å². The first-order valence-electron chi connectivity index (χ1n) is 12.7. The molecule has 12 nitrogen and oxygen atoms in total. The van der Waals surface area contributed by atoms with Crippen LogP contribution in [-0.2, 0) is 38.6 Å². The number of thioether (sulfide) groups is 4. The minimum Gasteiger partial charge on any atom is -0.489 e. The highest BCUT2D eigenvalue weighted by Crippen LogP contribution is 2.68. The number of ether oxygens (including phenoxy) is 4. The SMILES string of the molecule is CCOOCCOc1c2c(c(OCC(=O)OCC)c3c1S/C(=C(/C#N)C(=O)OCC)S3)S/C(=C(/C#N)COOCC)S2. The molecule has 1 aromatic rings. The molecule has 0 saturated heterocycles. The van der Waals surface area contributed by atoms with Gasteiger partial charge in [-0.25, -0.2) is 29.1 Å². The molecule has 0 radical (unpaired) electrons. The van der Waals surface area contributed by atoms with Gasteiger partial charge in [-0.05, 0) is 27.7 Å². The van der Waals surface area contributed by atoms with Gasteiger partial charge in [0.2, 0.25) is 0 Å². The monoisotopic (exact) mass is 656 g/mol. The summed E-state index contributed by atoms with van der Waals surface area (Å²) in [7, 11) is 0. The van der Waals surface area contributed by atoms with Gasteiger partial charge in [-0.15, -0.1) is 0 Å². The number of hydrogen-bond donors (Lipinski definition) is 0. The molecule has 16 heteroatoms. The van der Waals surface area contributed by atoms with Crippen LogP contribution >= 0.6 is 47.0 Å². The third-order valence-electron chi connectivity index (χ3n) is 4.85. The van der Waals surface area contributed by atoms with E-state index in [9.17, 15) is 20.1 Å². The number of esters is 2. The minimum atomic E-state index is -0.751. The fourth-order valence-electron chi connectivity index (χ4n) is 3.24. The lowest BCUT2D eigenvalue weighted by molar-refractivity contribution is -0.293. The summed E-state index contributed by atoms with van der Waals surface area (Å²) in [6.45, 7) is 7.63. The zero-order chi connectivity index (χ0) is 30.5. The minimum absolute atomic E-state index is 0.0771. The molecule has 0 spiro atoms. The van der Waals surface area contributed by atoms with Gasteiger partial charge < -0.3 is 18.9 Å². The number of benzene rings is 1. The Kier molecular flexibility index (Phi) is 14.2. The second-order valence-corrected chi connectivity index (χ2v) is 12.2. The van der Waals surface area contributed by atoms with E-state index in [1.165, 1.54) is 23.5 Å². The van der Waals surface area contributed by atoms with Crippen LogP contribution < -0.4 is 9.47 Å². The van der Waals surface area contributed by atoms with Crippen LogP contribution in [0.25, 0.3) is 0 Å². The van der Waals surface area contributed by atoms with Crippen molar-refractivity contribution in [2.75, 3.05) is 52.9 Å². The number of nitriles is 2. The smallest absolute Gasteiger partial charge is 0.350 e. The number of hydrogen-bond acceptors (Lipinski definition) is 16. The molecule has 0 amide bonds. The summed E-state index contributed by atoms with van der Waals surface area (Å²) in [5.74, 6) is -0.556. The lowest BCUT2D eigenvalue weighted by Crippen LogP contribution is -2.15. The molecule has 0 fully saturated rings. The second-order valence-electron chi connectivity index (χ2n) is 7.59. The Morgan fingerprint density at radius 3 is 1.76 bits per heavy atom. The molecule has 0 unspecified atom stereocenters. The molecule has 42 heavy (non-hydrogen) atoms. The van der Waals surface area contributed by atoms with E-state index in [0.29, 0.717) is 58.3 Å². The fraction of sp³-hybridized carbons (Fsp3) is 0.462. The standard InChI is InChI=1S/C26H28N2O10S4/c1-5-31-17(29)14-34-19-22-20(39-25(40-22)15(11-27)13-38-36-8-4)18(33-9-10-37-35-7-3)21-23(19)42-26(41-21)16(12-28)24(30)32-6-2/h5-10,13-14H2,1-4H3/b25-15-,26-16+. The van der Waals surface area contributed by atoms with Crippen LogP contribution in [0.4, 0.5) is 0 Å². The van der Waals surface area contributed by atoms with Crippen LogP contribution in [-0.4, -0.2) is 64.8 Å². The third-order valence-corrected chi connectivity index (χ3v) is 10.1. The summed E-state index contributed by atoms with van der Waals surface area (Å²) in [5.41, 5.74) is 0.165. The average Bonchev–Trinajstić information content (AvgIpc) is 3.60. The van der Waals surface area contributed by atoms with Crippen molar-refractivity contribution < 1.29 is 48.1 Å². The van der Waals surface area contributed by atoms with Gasteiger partial charge in [0.05, 0.1) is 66.1 Å². The van der Waals surface area contributed by atoms with E-state index in [1.54, 1.807) is 27.7 Å². The Bertz CT molecular complexity index is 1320. The van der Waals surface area contributed by atoms with Crippen LogP contribution in [0.3, 0.4) is 0 Å². The number of carbonyl (C=O) groups is 2. The molecule has 2 aliphatic heterocycles. The predicted molar refractivity (Wildman–Crippen MR) is 155 cm³/mol. The molecule has 0 saturated carbocycles. The van der Waals surface area contributed by atoms with E-state index in [1.807, 2.05) is 6.07 Å². The highest BCUT2D eigenvalue weighted by atomic mass is 32.2. The molecule has 0 aromatic heterocycles. The number of nitrogens with zero attached hydrogens (tertiary/aromatic N) is 2. The molecule has 1 aromatic carbocycles. The van der Waals surface area contributed by atoms with Crippen molar-refractivity contribution >= 4 is 59.0 Å². The number of fused-ring (bicyclic) bond motifs is 2. The largest absolute Gasteiger partial charge is 0.489 e. The van der Waals surface area contributed by atoms with Crippen molar-refractivity contribution in [2.24, 2.45) is 0 Å². The van der Waals surface area contributed by atoms with Crippen LogP contribution in [0.2, 0.25) is 0 Å². The quantitative estimate of drug-likeness (QED) is 0.0558. The van der Waals surface area contributed by atoms with Gasteiger partial charge in [-0.1, -0.05) is 47.0 Å². The Balaban J connectivity index is 2.14. The van der Waals surface area contributed by atoms with E-state index < -0.39 is 11.9 Å². The summed E-state index contributed by atoms with van der Waals surface area (Å²) >= 11 is 4.81. The maximum absolute atomic E-state index is 12.6. The summed E-state index contributed by atoms with van der Waals surface area (Å²) in [5, 5.41) is 19.6. The van der Waals surface area contributed by atoms with Gasteiger partial charge in [0.25, 0.3) is 0 Å². The lowest BCUT2D eigenvalue weighted by Gasteiger charge is -2.17. The van der Waals surface area contributed by atoms with Gasteiger partial charge in [-0.3, -0.25) is 0 Å². The van der Waals surface area contributed by atoms with Crippen molar-refractivity contribution in [3.05, 3.63) is 19.6 Å². The first kappa shape index (κ1) is 34.0. The van der Waals surface area contributed by atoms with Crippen molar-refractivity contribution in [3.8, 4) is 23.6 Å². The highest BCUT2D eigenvalue weighted by molar-refractivity contribution is 8.26. The molecule has 0 N–H and O–H groups in total. The first-order valence-corrected chi connectivity index (χ1v) is 16.0. The molecular weight excluding hydrogens is 629 g/mol. The molecule has 2 aliphatic rings. The van der Waals surface area contributed by atoms with Crippen LogP contribution in [0.15, 0.2) is 39.2 Å². The molecule has 0 aliphatic carbocycles. The second kappa shape index (κ2) is 17.5. The van der Waals surface area contributed by atoms with Crippen molar-refractivity contribution in [1.82, 2.24) is 0 Å². The van der Waals surface area contributed by atoms with Crippen molar-refractivity contribution in [3.63, 3.8) is 0 Å². The van der Waals surface area contributed by atoms with Crippen molar-refractivity contribution in [2.45, 2.75) is 47.3 Å². The number of rotatable bonds is 16. The van der Waals surface area contributed by atoms with E-state index in [-0.39, 0.29) is 45.2 Å². The predicted octanol–water partition coefficient (Wildman–Crippen LogP) is 5.37. The fourth-order valence-corrected chi connectivity index (χ4v) is 8.62. The Labute approximate surface area is 260 Å². The van der Waals surface area contributed by atoms with E-state index in [2.05, 4.69) is 6.07 Å². The summed E-state index contributed by atoms with van der Waals surface area (Å²) in [6.07, 6.45) is 0. The van der Waals surface area contributed by atoms with E-state index in [0.717, 1.165) is 23.5 Å². The molecule has 3 rings (SSSR count). The Hall–Kier alpha value is -2.54. The van der Waals surface area contributed by atoms with Gasteiger partial charge >= 0.3 is 11.9 Å². The summed E-state index contributed by atoms with van der Waals surface area (Å²) < 4.78 is 23.3. The normalized spacial score (nSPS) is 15.7. The van der Waals surface area contributed by atoms with Crippen LogP contribution in [0.1, 0.15) is 27.7 Å². The van der Waals surface area contributed by atoms with Gasteiger partial charge in [0.15, 0.2) is 17.9 Å². The molecule has 0 atom stereocenters. The van der Waals surface area contributed by atoms with Crippen molar-refractivity contribution in [1.29, 1.82) is 10.5 Å². The number of carbonyl (C=O) groups excluding carboxylic acids is 2. The lowest BCUT2D eigenvalue weighted by atomic mass is 10.3. The van der Waals surface area contributed by atoms with Gasteiger partial charge in [0.1, 0.15) is 31.6 Å². The third kappa shape index (κ3) is 8.52. The topological polar surface area (TPSA) is 156 Å². The zero-order valence-electron chi connectivity index (χ0n) is 23.3. The molecule has 0 bridgehead atoms. The first-order chi connectivity index (χ1) is 20.4. The highest BCUT2D eigenvalue weighted by Gasteiger charge is 2.39. The Morgan fingerprint density at radius 1 is 0.643 bits per heavy atom. The van der Waals surface area contributed by atoms with Gasteiger partial charge in [0, 0.05) is 0 Å². The molecular formula is C26H28N2O10S4. The van der Waals surface area contributed by atoms with E-state index in [4.69, 9.17) is 38.5 Å². The summed E-state index contributed by atoms with van der Waals surface area (Å²) in [4.78, 5) is 47.3. The average molecular weight is 657 g/mol. The maximum Gasteiger partial charge on any atom is 0.350 e. The van der Waals surface area contributed by atoms with Crippen LogP contribution in [0, 0.1) is 22.7 Å².